The molecule has 0 heterocycles. The van der Waals surface area contributed by atoms with Gasteiger partial charge >= 0.3 is 0 Å². The number of hydrogen-bond donors (Lipinski definition) is 1. The molecule has 0 spiro atoms. The Kier molecular flexibility index (Phi) is 4.93. The molecule has 122 valence electrons. The first-order valence-corrected chi connectivity index (χ1v) is 8.25. The molecule has 0 bridgehead atoms. The molecule has 0 fully saturated rings. The van der Waals surface area contributed by atoms with Crippen LogP contribution in [0.2, 0.25) is 0 Å². The lowest BCUT2D eigenvalue weighted by Gasteiger charge is -2.32. The van der Waals surface area contributed by atoms with Crippen LogP contribution in [0.3, 0.4) is 0 Å². The van der Waals surface area contributed by atoms with E-state index in [1.165, 1.54) is 11.1 Å². The molecule has 3 rings (SSSR count). The highest BCUT2D eigenvalue weighted by atomic mass is 16.2. The van der Waals surface area contributed by atoms with E-state index in [9.17, 15) is 4.79 Å². The number of nitrogens with zero attached hydrogens (tertiary/aromatic N) is 2. The lowest BCUT2D eigenvalue weighted by Crippen LogP contribution is -2.34. The standard InChI is InChI=1S/C20H21N3O/c1-23(19-8-4-6-16-5-2-3-7-18(16)19)14-20(24)22-17-11-9-15(13-21)10-12-17/h2-3,5,7,9-12,19H,4,6,8,14H2,1H3,(H,22,24)/t19-/m1/s1. The summed E-state index contributed by atoms with van der Waals surface area (Å²) >= 11 is 0. The van der Waals surface area contributed by atoms with Gasteiger partial charge in [-0.3, -0.25) is 9.69 Å². The maximum atomic E-state index is 12.3. The van der Waals surface area contributed by atoms with Crippen LogP contribution in [0.1, 0.15) is 35.6 Å². The quantitative estimate of drug-likeness (QED) is 0.938. The molecule has 0 aliphatic heterocycles. The smallest absolute Gasteiger partial charge is 0.238 e. The Morgan fingerprint density at radius 3 is 2.75 bits per heavy atom. The van der Waals surface area contributed by atoms with Crippen LogP contribution in [0, 0.1) is 11.3 Å². The van der Waals surface area contributed by atoms with Gasteiger partial charge in [0.1, 0.15) is 0 Å². The predicted molar refractivity (Wildman–Crippen MR) is 94.5 cm³/mol. The number of carbonyl (C=O) groups excluding carboxylic acids is 1. The fourth-order valence-electron chi connectivity index (χ4n) is 3.35. The van der Waals surface area contributed by atoms with Crippen molar-refractivity contribution in [3.05, 3.63) is 65.2 Å². The van der Waals surface area contributed by atoms with Crippen molar-refractivity contribution in [2.75, 3.05) is 18.9 Å². The maximum Gasteiger partial charge on any atom is 0.238 e. The summed E-state index contributed by atoms with van der Waals surface area (Å²) in [6.07, 6.45) is 3.36. The molecule has 1 N–H and O–H groups in total. The third-order valence-corrected chi connectivity index (χ3v) is 4.56. The average molecular weight is 319 g/mol. The number of benzene rings is 2. The summed E-state index contributed by atoms with van der Waals surface area (Å²) in [5, 5.41) is 11.7. The molecule has 0 aromatic heterocycles. The van der Waals surface area contributed by atoms with Gasteiger partial charge in [-0.05, 0) is 61.7 Å². The van der Waals surface area contributed by atoms with E-state index < -0.39 is 0 Å². The van der Waals surface area contributed by atoms with Gasteiger partial charge in [0.05, 0.1) is 18.2 Å². The van der Waals surface area contributed by atoms with E-state index in [4.69, 9.17) is 5.26 Å². The van der Waals surface area contributed by atoms with Gasteiger partial charge < -0.3 is 5.32 Å². The second-order valence-corrected chi connectivity index (χ2v) is 6.26. The summed E-state index contributed by atoms with van der Waals surface area (Å²) in [5.74, 6) is -0.0368. The fourth-order valence-corrected chi connectivity index (χ4v) is 3.35. The Hall–Kier alpha value is -2.64. The van der Waals surface area contributed by atoms with Crippen molar-refractivity contribution in [2.45, 2.75) is 25.3 Å². The Morgan fingerprint density at radius 1 is 1.25 bits per heavy atom. The topological polar surface area (TPSA) is 56.1 Å². The van der Waals surface area contributed by atoms with E-state index in [-0.39, 0.29) is 5.91 Å². The third kappa shape index (κ3) is 3.64. The zero-order valence-electron chi connectivity index (χ0n) is 13.8. The van der Waals surface area contributed by atoms with Gasteiger partial charge in [0.2, 0.25) is 5.91 Å². The highest BCUT2D eigenvalue weighted by Crippen LogP contribution is 2.33. The van der Waals surface area contributed by atoms with Crippen LogP contribution < -0.4 is 5.32 Å². The van der Waals surface area contributed by atoms with Crippen LogP contribution in [0.5, 0.6) is 0 Å². The normalized spacial score (nSPS) is 16.3. The number of amides is 1. The van der Waals surface area contributed by atoms with Crippen molar-refractivity contribution in [3.63, 3.8) is 0 Å². The number of aryl methyl sites for hydroxylation is 1. The lowest BCUT2D eigenvalue weighted by molar-refractivity contribution is -0.117. The van der Waals surface area contributed by atoms with E-state index in [0.29, 0.717) is 18.2 Å². The van der Waals surface area contributed by atoms with Crippen molar-refractivity contribution in [1.29, 1.82) is 5.26 Å². The molecule has 0 saturated heterocycles. The highest BCUT2D eigenvalue weighted by Gasteiger charge is 2.24. The summed E-state index contributed by atoms with van der Waals surface area (Å²) in [7, 11) is 2.01. The summed E-state index contributed by atoms with van der Waals surface area (Å²) in [6, 6.07) is 17.8. The van der Waals surface area contributed by atoms with E-state index in [0.717, 1.165) is 24.9 Å². The first-order chi connectivity index (χ1) is 11.7. The minimum Gasteiger partial charge on any atom is -0.325 e. The van der Waals surface area contributed by atoms with Crippen molar-refractivity contribution in [3.8, 4) is 6.07 Å². The Bertz CT molecular complexity index is 761. The molecule has 24 heavy (non-hydrogen) atoms. The predicted octanol–water partition coefficient (Wildman–Crippen LogP) is 3.51. The number of nitrogens with one attached hydrogen (secondary N) is 1. The zero-order valence-corrected chi connectivity index (χ0v) is 13.8. The van der Waals surface area contributed by atoms with Crippen LogP contribution >= 0.6 is 0 Å². The molecule has 1 aliphatic carbocycles. The van der Waals surface area contributed by atoms with E-state index in [1.54, 1.807) is 24.3 Å². The molecule has 2 aromatic carbocycles. The second kappa shape index (κ2) is 7.29. The van der Waals surface area contributed by atoms with Crippen LogP contribution in [0.25, 0.3) is 0 Å². The van der Waals surface area contributed by atoms with E-state index in [1.807, 2.05) is 7.05 Å². The largest absolute Gasteiger partial charge is 0.325 e. The van der Waals surface area contributed by atoms with Gasteiger partial charge in [-0.2, -0.15) is 5.26 Å². The fraction of sp³-hybridized carbons (Fsp3) is 0.300. The lowest BCUT2D eigenvalue weighted by atomic mass is 9.87. The van der Waals surface area contributed by atoms with E-state index in [2.05, 4.69) is 40.6 Å². The summed E-state index contributed by atoms with van der Waals surface area (Å²) in [5.41, 5.74) is 4.05. The molecule has 1 atom stereocenters. The van der Waals surface area contributed by atoms with Crippen molar-refractivity contribution >= 4 is 11.6 Å². The van der Waals surface area contributed by atoms with Gasteiger partial charge in [-0.25, -0.2) is 0 Å². The number of nitriles is 1. The highest BCUT2D eigenvalue weighted by molar-refractivity contribution is 5.92. The SMILES string of the molecule is CN(CC(=O)Nc1ccc(C#N)cc1)[C@@H]1CCCc2ccccc21. The van der Waals surface area contributed by atoms with Gasteiger partial charge in [0.25, 0.3) is 0 Å². The second-order valence-electron chi connectivity index (χ2n) is 6.26. The monoisotopic (exact) mass is 319 g/mol. The summed E-state index contributed by atoms with van der Waals surface area (Å²) < 4.78 is 0. The molecule has 0 radical (unpaired) electrons. The van der Waals surface area contributed by atoms with Gasteiger partial charge in [-0.1, -0.05) is 24.3 Å². The van der Waals surface area contributed by atoms with Crippen LogP contribution in [0.4, 0.5) is 5.69 Å². The summed E-state index contributed by atoms with van der Waals surface area (Å²) in [4.78, 5) is 14.4. The zero-order chi connectivity index (χ0) is 16.9. The Labute approximate surface area is 142 Å². The third-order valence-electron chi connectivity index (χ3n) is 4.56. The molecule has 4 heteroatoms. The summed E-state index contributed by atoms with van der Waals surface area (Å²) in [6.45, 7) is 0.346. The van der Waals surface area contributed by atoms with Gasteiger partial charge in [0.15, 0.2) is 0 Å². The number of rotatable bonds is 4. The Morgan fingerprint density at radius 2 is 2.00 bits per heavy atom. The van der Waals surface area contributed by atoms with E-state index >= 15 is 0 Å². The first kappa shape index (κ1) is 16.2. The van der Waals surface area contributed by atoms with Crippen molar-refractivity contribution in [1.82, 2.24) is 4.90 Å². The molecule has 2 aromatic rings. The Balaban J connectivity index is 1.63. The van der Waals surface area contributed by atoms with Crippen LogP contribution in [-0.2, 0) is 11.2 Å². The van der Waals surface area contributed by atoms with Crippen molar-refractivity contribution < 1.29 is 4.79 Å². The molecule has 0 saturated carbocycles. The number of anilines is 1. The van der Waals surface area contributed by atoms with Crippen LogP contribution in [0.15, 0.2) is 48.5 Å². The number of likely N-dealkylation sites (N-methyl/N-ethyl adjacent to an activating group) is 1. The molecule has 4 nitrogen and oxygen atoms in total. The molecule has 1 aliphatic rings. The van der Waals surface area contributed by atoms with Gasteiger partial charge in [-0.15, -0.1) is 0 Å². The number of fused-ring (bicyclic) bond motifs is 1. The molecule has 0 unspecified atom stereocenters. The molecular formula is C20H21N3O. The van der Waals surface area contributed by atoms with Crippen molar-refractivity contribution in [2.24, 2.45) is 0 Å². The van der Waals surface area contributed by atoms with Crippen LogP contribution in [-0.4, -0.2) is 24.4 Å². The minimum atomic E-state index is -0.0368. The number of carbonyl (C=O) groups is 1. The van der Waals surface area contributed by atoms with Gasteiger partial charge in [0, 0.05) is 11.7 Å². The maximum absolute atomic E-state index is 12.3. The first-order valence-electron chi connectivity index (χ1n) is 8.25. The number of hydrogen-bond acceptors (Lipinski definition) is 3. The minimum absolute atomic E-state index is 0.0368. The molecular weight excluding hydrogens is 298 g/mol. The molecule has 1 amide bonds. The average Bonchev–Trinajstić information content (AvgIpc) is 2.61.